The number of nitrogens with zero attached hydrogens (tertiary/aromatic N) is 4. The van der Waals surface area contributed by atoms with Crippen molar-refractivity contribution in [1.82, 2.24) is 14.8 Å². The molecule has 3 aromatic rings. The molecule has 1 fully saturated rings. The van der Waals surface area contributed by atoms with Gasteiger partial charge in [-0.05, 0) is 48.6 Å². The Bertz CT molecular complexity index is 1170. The van der Waals surface area contributed by atoms with Crippen molar-refractivity contribution in [2.75, 3.05) is 4.90 Å². The van der Waals surface area contributed by atoms with Gasteiger partial charge in [0, 0.05) is 29.8 Å². The second-order valence-electron chi connectivity index (χ2n) is 8.51. The number of amides is 1. The topological polar surface area (TPSA) is 68.1 Å². The highest BCUT2D eigenvalue weighted by atomic mass is 19.4. The number of benzene rings is 2. The molecule has 0 unspecified atom stereocenters. The molecule has 9 heteroatoms. The second kappa shape index (κ2) is 8.80. The smallest absolute Gasteiger partial charge is 0.320 e. The second-order valence-corrected chi connectivity index (χ2v) is 8.51. The van der Waals surface area contributed by atoms with Crippen molar-refractivity contribution in [3.8, 4) is 0 Å². The standard InChI is InChI=1S/C16H10F3NO2.C8H13N3/c17-16(18,19)14-7-10(9-21)6-12-13(14)8-20(15(12)22)11-4-2-1-3-5-11;1-6-3-7(4-6)8-10-9-5-11(8)2/h1-7,9H,8H2;5-7H,3-4H2,1-2H3. The summed E-state index contributed by atoms with van der Waals surface area (Å²) in [4.78, 5) is 24.5. The maximum absolute atomic E-state index is 13.2. The van der Waals surface area contributed by atoms with E-state index < -0.39 is 17.6 Å². The third-order valence-corrected chi connectivity index (χ3v) is 6.06. The summed E-state index contributed by atoms with van der Waals surface area (Å²) in [5.74, 6) is 2.19. The monoisotopic (exact) mass is 456 g/mol. The summed E-state index contributed by atoms with van der Waals surface area (Å²) in [6.45, 7) is 2.12. The van der Waals surface area contributed by atoms with Gasteiger partial charge in [-0.25, -0.2) is 0 Å². The normalized spacial score (nSPS) is 19.4. The minimum atomic E-state index is -4.61. The molecule has 1 aliphatic carbocycles. The van der Waals surface area contributed by atoms with E-state index in [-0.39, 0.29) is 23.2 Å². The number of aromatic nitrogens is 3. The highest BCUT2D eigenvalue weighted by molar-refractivity contribution is 6.11. The summed E-state index contributed by atoms with van der Waals surface area (Å²) in [6, 6.07) is 10.5. The summed E-state index contributed by atoms with van der Waals surface area (Å²) < 4.78 is 41.5. The molecule has 1 aromatic heterocycles. The molecule has 6 nitrogen and oxygen atoms in total. The number of carbonyl (C=O) groups is 2. The fraction of sp³-hybridized carbons (Fsp3) is 0.333. The van der Waals surface area contributed by atoms with E-state index in [1.54, 1.807) is 36.7 Å². The molecular weight excluding hydrogens is 433 g/mol. The fourth-order valence-corrected chi connectivity index (χ4v) is 4.34. The molecule has 0 radical (unpaired) electrons. The molecule has 2 aliphatic rings. The number of halogens is 3. The van der Waals surface area contributed by atoms with Gasteiger partial charge in [-0.1, -0.05) is 25.1 Å². The number of aryl methyl sites for hydroxylation is 1. The molecular formula is C24H23F3N4O2. The SMILES string of the molecule is CC1CC(c2nncn2C)C1.O=Cc1cc2c(c(C(F)(F)F)c1)CN(c1ccccc1)C2=O. The summed E-state index contributed by atoms with van der Waals surface area (Å²) >= 11 is 0. The van der Waals surface area contributed by atoms with Crippen LogP contribution in [0, 0.1) is 5.92 Å². The third kappa shape index (κ3) is 4.53. The van der Waals surface area contributed by atoms with E-state index in [0.29, 0.717) is 17.9 Å². The number of para-hydroxylation sites is 1. The highest BCUT2D eigenvalue weighted by Crippen LogP contribution is 2.40. The fourth-order valence-electron chi connectivity index (χ4n) is 4.34. The lowest BCUT2D eigenvalue weighted by atomic mass is 9.76. The zero-order valence-electron chi connectivity index (χ0n) is 18.2. The molecule has 5 rings (SSSR count). The number of hydrogen-bond acceptors (Lipinski definition) is 4. The molecule has 1 saturated carbocycles. The quantitative estimate of drug-likeness (QED) is 0.520. The number of aldehydes is 1. The number of fused-ring (bicyclic) bond motifs is 1. The number of carbonyl (C=O) groups excluding carboxylic acids is 2. The zero-order chi connectivity index (χ0) is 23.8. The molecule has 33 heavy (non-hydrogen) atoms. The van der Waals surface area contributed by atoms with E-state index in [4.69, 9.17) is 0 Å². The molecule has 1 amide bonds. The van der Waals surface area contributed by atoms with Crippen LogP contribution >= 0.6 is 0 Å². The maximum atomic E-state index is 13.2. The van der Waals surface area contributed by atoms with Gasteiger partial charge < -0.3 is 9.47 Å². The predicted octanol–water partition coefficient (Wildman–Crippen LogP) is 5.01. The van der Waals surface area contributed by atoms with Crippen LogP contribution in [0.15, 0.2) is 48.8 Å². The van der Waals surface area contributed by atoms with Crippen molar-refractivity contribution in [2.24, 2.45) is 13.0 Å². The van der Waals surface area contributed by atoms with Crippen LogP contribution in [0.25, 0.3) is 0 Å². The summed E-state index contributed by atoms with van der Waals surface area (Å²) in [5.41, 5.74) is -0.731. The summed E-state index contributed by atoms with van der Waals surface area (Å²) in [5, 5.41) is 7.95. The van der Waals surface area contributed by atoms with Crippen LogP contribution in [-0.4, -0.2) is 27.0 Å². The van der Waals surface area contributed by atoms with Crippen molar-refractivity contribution in [2.45, 2.75) is 38.4 Å². The van der Waals surface area contributed by atoms with Crippen molar-refractivity contribution < 1.29 is 22.8 Å². The minimum Gasteiger partial charge on any atom is -0.320 e. The minimum absolute atomic E-state index is 0.0687. The average Bonchev–Trinajstić information content (AvgIpc) is 3.34. The van der Waals surface area contributed by atoms with Crippen LogP contribution in [0.2, 0.25) is 0 Å². The van der Waals surface area contributed by atoms with E-state index in [2.05, 4.69) is 17.1 Å². The van der Waals surface area contributed by atoms with Crippen LogP contribution in [0.1, 0.15) is 63.4 Å². The first kappa shape index (κ1) is 22.7. The first-order chi connectivity index (χ1) is 15.7. The lowest BCUT2D eigenvalue weighted by Crippen LogP contribution is -2.22. The Morgan fingerprint density at radius 2 is 1.82 bits per heavy atom. The number of hydrogen-bond donors (Lipinski definition) is 0. The maximum Gasteiger partial charge on any atom is 0.416 e. The van der Waals surface area contributed by atoms with Crippen LogP contribution in [0.5, 0.6) is 0 Å². The number of rotatable bonds is 3. The van der Waals surface area contributed by atoms with Gasteiger partial charge >= 0.3 is 6.18 Å². The van der Waals surface area contributed by atoms with Gasteiger partial charge in [0.1, 0.15) is 18.4 Å². The van der Waals surface area contributed by atoms with Gasteiger partial charge in [0.05, 0.1) is 12.1 Å². The van der Waals surface area contributed by atoms with E-state index >= 15 is 0 Å². The van der Waals surface area contributed by atoms with Gasteiger partial charge in [0.25, 0.3) is 5.91 Å². The van der Waals surface area contributed by atoms with Crippen molar-refractivity contribution in [3.63, 3.8) is 0 Å². The molecule has 1 aliphatic heterocycles. The molecule has 2 heterocycles. The van der Waals surface area contributed by atoms with Crippen molar-refractivity contribution in [3.05, 3.63) is 76.9 Å². The van der Waals surface area contributed by atoms with Crippen LogP contribution < -0.4 is 4.90 Å². The van der Waals surface area contributed by atoms with Crippen molar-refractivity contribution in [1.29, 1.82) is 0 Å². The summed E-state index contributed by atoms with van der Waals surface area (Å²) in [6.07, 6.45) is 0.0431. The Morgan fingerprint density at radius 3 is 2.36 bits per heavy atom. The van der Waals surface area contributed by atoms with Gasteiger partial charge in [0.2, 0.25) is 0 Å². The molecule has 172 valence electrons. The largest absolute Gasteiger partial charge is 0.416 e. The number of alkyl halides is 3. The molecule has 0 saturated heterocycles. The lowest BCUT2D eigenvalue weighted by Gasteiger charge is -2.31. The van der Waals surface area contributed by atoms with Crippen molar-refractivity contribution >= 4 is 17.9 Å². The van der Waals surface area contributed by atoms with E-state index in [1.165, 1.54) is 23.8 Å². The Hall–Kier alpha value is -3.49. The third-order valence-electron chi connectivity index (χ3n) is 6.06. The van der Waals surface area contributed by atoms with E-state index in [0.717, 1.165) is 17.8 Å². The van der Waals surface area contributed by atoms with Gasteiger partial charge in [0.15, 0.2) is 0 Å². The molecule has 2 aromatic carbocycles. The lowest BCUT2D eigenvalue weighted by molar-refractivity contribution is -0.138. The average molecular weight is 456 g/mol. The molecule has 0 bridgehead atoms. The van der Waals surface area contributed by atoms with Crippen LogP contribution in [0.4, 0.5) is 18.9 Å². The first-order valence-corrected chi connectivity index (χ1v) is 10.6. The predicted molar refractivity (Wildman–Crippen MR) is 116 cm³/mol. The van der Waals surface area contributed by atoms with E-state index in [9.17, 15) is 22.8 Å². The Kier molecular flexibility index (Phi) is 6.05. The van der Waals surface area contributed by atoms with Gasteiger partial charge in [-0.3, -0.25) is 9.59 Å². The van der Waals surface area contributed by atoms with Gasteiger partial charge in [-0.2, -0.15) is 13.2 Å². The molecule has 0 atom stereocenters. The van der Waals surface area contributed by atoms with Crippen LogP contribution in [-0.2, 0) is 19.8 Å². The Morgan fingerprint density at radius 1 is 1.12 bits per heavy atom. The molecule has 0 spiro atoms. The van der Waals surface area contributed by atoms with E-state index in [1.807, 2.05) is 11.6 Å². The van der Waals surface area contributed by atoms with Gasteiger partial charge in [-0.15, -0.1) is 10.2 Å². The Labute approximate surface area is 189 Å². The first-order valence-electron chi connectivity index (χ1n) is 10.6. The van der Waals surface area contributed by atoms with Crippen LogP contribution in [0.3, 0.4) is 0 Å². The Balaban J connectivity index is 0.000000196. The number of anilines is 1. The zero-order valence-corrected chi connectivity index (χ0v) is 18.2. The molecule has 0 N–H and O–H groups in total. The highest BCUT2D eigenvalue weighted by Gasteiger charge is 2.40. The summed E-state index contributed by atoms with van der Waals surface area (Å²) in [7, 11) is 2.01.